The molecule has 170 valence electrons. The Labute approximate surface area is 192 Å². The molecule has 1 saturated carbocycles. The van der Waals surface area contributed by atoms with Crippen LogP contribution in [-0.4, -0.2) is 42.6 Å². The lowest BCUT2D eigenvalue weighted by atomic mass is 9.92. The molecule has 4 aromatic rings. The highest BCUT2D eigenvalue weighted by molar-refractivity contribution is 7.13. The zero-order chi connectivity index (χ0) is 22.8. The number of aromatic nitrogens is 5. The van der Waals surface area contributed by atoms with Crippen molar-refractivity contribution in [2.24, 2.45) is 5.73 Å². The monoisotopic (exact) mass is 467 g/mol. The molecule has 1 fully saturated rings. The lowest BCUT2D eigenvalue weighted by Gasteiger charge is -2.27. The molecule has 0 spiro atoms. The Morgan fingerprint density at radius 3 is 2.76 bits per heavy atom. The summed E-state index contributed by atoms with van der Waals surface area (Å²) in [6.07, 6.45) is 9.32. The van der Waals surface area contributed by atoms with Crippen molar-refractivity contribution in [1.29, 1.82) is 0 Å². The number of anilines is 4. The van der Waals surface area contributed by atoms with Crippen molar-refractivity contribution in [2.75, 3.05) is 16.0 Å². The average Bonchev–Trinajstić information content (AvgIpc) is 3.47. The second-order valence-corrected chi connectivity index (χ2v) is 8.74. The Kier molecular flexibility index (Phi) is 5.84. The van der Waals surface area contributed by atoms with Crippen LogP contribution < -0.4 is 21.7 Å². The van der Waals surface area contributed by atoms with Crippen LogP contribution in [0.4, 0.5) is 26.7 Å². The first-order valence-corrected chi connectivity index (χ1v) is 11.4. The second-order valence-electron chi connectivity index (χ2n) is 7.85. The van der Waals surface area contributed by atoms with E-state index in [1.165, 1.54) is 34.3 Å². The first-order valence-electron chi connectivity index (χ1n) is 10.5. The maximum absolute atomic E-state index is 14.0. The molecule has 0 saturated heterocycles. The zero-order valence-corrected chi connectivity index (χ0v) is 18.3. The summed E-state index contributed by atoms with van der Waals surface area (Å²) in [6.45, 7) is 0. The normalized spacial score (nSPS) is 18.2. The third-order valence-electron chi connectivity index (χ3n) is 5.52. The molecule has 5 rings (SSSR count). The Morgan fingerprint density at radius 2 is 2.00 bits per heavy atom. The van der Waals surface area contributed by atoms with Crippen molar-refractivity contribution in [3.8, 4) is 0 Å². The Hall–Kier alpha value is -3.64. The van der Waals surface area contributed by atoms with Crippen molar-refractivity contribution in [3.05, 3.63) is 53.8 Å². The fraction of sp³-hybridized carbons (Fsp3) is 0.286. The molecule has 5 N–H and O–H groups in total. The lowest BCUT2D eigenvalue weighted by molar-refractivity contribution is 0.102. The van der Waals surface area contributed by atoms with Crippen molar-refractivity contribution in [3.63, 3.8) is 0 Å². The van der Waals surface area contributed by atoms with Gasteiger partial charge in [-0.2, -0.15) is 0 Å². The molecule has 0 unspecified atom stereocenters. The molecule has 0 aliphatic heterocycles. The van der Waals surface area contributed by atoms with Gasteiger partial charge >= 0.3 is 0 Å². The Balaban J connectivity index is 1.49. The van der Waals surface area contributed by atoms with E-state index in [9.17, 15) is 9.18 Å². The number of hydrogen-bond acceptors (Lipinski definition) is 9. The van der Waals surface area contributed by atoms with E-state index in [1.807, 2.05) is 11.4 Å². The number of halogens is 1. The number of carbonyl (C=O) groups excluding carboxylic acids is 1. The predicted octanol–water partition coefficient (Wildman–Crippen LogP) is 3.40. The number of nitrogens with two attached hydrogens (primary N) is 1. The van der Waals surface area contributed by atoms with E-state index < -0.39 is 11.7 Å². The van der Waals surface area contributed by atoms with E-state index in [-0.39, 0.29) is 23.5 Å². The third kappa shape index (κ3) is 4.61. The summed E-state index contributed by atoms with van der Waals surface area (Å²) in [4.78, 5) is 25.3. The SMILES string of the molecule is N[C@H]1CC[C@H](Nc2cc(Nc3nccs3)c3ncc(C(=O)Nc4ccncc4F)n3n2)CC1. The van der Waals surface area contributed by atoms with Crippen LogP contribution in [0.1, 0.15) is 36.2 Å². The van der Waals surface area contributed by atoms with Crippen LogP contribution in [0.3, 0.4) is 0 Å². The summed E-state index contributed by atoms with van der Waals surface area (Å²) in [5, 5.41) is 16.4. The van der Waals surface area contributed by atoms with E-state index in [2.05, 4.69) is 36.0 Å². The van der Waals surface area contributed by atoms with E-state index in [1.54, 1.807) is 6.20 Å². The molecular formula is C21H22FN9OS. The van der Waals surface area contributed by atoms with Gasteiger partial charge in [0.25, 0.3) is 5.91 Å². The zero-order valence-electron chi connectivity index (χ0n) is 17.5. The molecule has 0 radical (unpaired) electrons. The quantitative estimate of drug-likeness (QED) is 0.339. The molecule has 0 aromatic carbocycles. The molecular weight excluding hydrogens is 445 g/mol. The molecule has 0 bridgehead atoms. The summed E-state index contributed by atoms with van der Waals surface area (Å²) >= 11 is 1.44. The van der Waals surface area contributed by atoms with Gasteiger partial charge < -0.3 is 21.7 Å². The molecule has 33 heavy (non-hydrogen) atoms. The van der Waals surface area contributed by atoms with Crippen LogP contribution in [0.25, 0.3) is 5.65 Å². The Morgan fingerprint density at radius 1 is 1.15 bits per heavy atom. The summed E-state index contributed by atoms with van der Waals surface area (Å²) in [6, 6.07) is 3.70. The fourth-order valence-electron chi connectivity index (χ4n) is 3.82. The number of thiazole rings is 1. The first-order chi connectivity index (χ1) is 16.1. The number of amides is 1. The molecule has 0 atom stereocenters. The molecule has 1 aliphatic carbocycles. The second kappa shape index (κ2) is 9.08. The van der Waals surface area contributed by atoms with Gasteiger partial charge in [0.15, 0.2) is 22.3 Å². The van der Waals surface area contributed by atoms with E-state index in [0.29, 0.717) is 22.3 Å². The standard InChI is InChI=1S/C21H22FN9OS/c22-14-10-24-6-5-15(14)28-20(32)17-11-26-19-16(29-21-25-7-8-33-21)9-18(30-31(17)19)27-13-3-1-12(23)2-4-13/h5-13H,1-4,23H2,(H,25,29)(H,27,30)(H,24,28,32)/t12-,13-. The number of fused-ring (bicyclic) bond motifs is 1. The van der Waals surface area contributed by atoms with Crippen LogP contribution >= 0.6 is 11.3 Å². The van der Waals surface area contributed by atoms with Gasteiger partial charge in [-0.3, -0.25) is 9.78 Å². The van der Waals surface area contributed by atoms with Crippen molar-refractivity contribution in [1.82, 2.24) is 24.6 Å². The fourth-order valence-corrected chi connectivity index (χ4v) is 4.36. The van der Waals surface area contributed by atoms with E-state index >= 15 is 0 Å². The highest BCUT2D eigenvalue weighted by Crippen LogP contribution is 2.27. The number of rotatable bonds is 6. The predicted molar refractivity (Wildman–Crippen MR) is 124 cm³/mol. The lowest BCUT2D eigenvalue weighted by Crippen LogP contribution is -2.33. The highest BCUT2D eigenvalue weighted by atomic mass is 32.1. The average molecular weight is 468 g/mol. The minimum Gasteiger partial charge on any atom is -0.366 e. The number of pyridine rings is 1. The molecule has 1 amide bonds. The van der Waals surface area contributed by atoms with Crippen LogP contribution in [0.2, 0.25) is 0 Å². The Bertz CT molecular complexity index is 1270. The topological polar surface area (TPSA) is 135 Å². The van der Waals surface area contributed by atoms with Gasteiger partial charge in [-0.15, -0.1) is 16.4 Å². The molecule has 1 aliphatic rings. The van der Waals surface area contributed by atoms with Gasteiger partial charge in [-0.05, 0) is 31.7 Å². The summed E-state index contributed by atoms with van der Waals surface area (Å²) in [7, 11) is 0. The van der Waals surface area contributed by atoms with Crippen molar-refractivity contribution >= 4 is 45.2 Å². The number of nitrogens with zero attached hydrogens (tertiary/aromatic N) is 5. The largest absolute Gasteiger partial charge is 0.366 e. The molecule has 10 nitrogen and oxygen atoms in total. The third-order valence-corrected chi connectivity index (χ3v) is 6.21. The van der Waals surface area contributed by atoms with Crippen LogP contribution in [0.5, 0.6) is 0 Å². The number of imidazole rings is 1. The van der Waals surface area contributed by atoms with Gasteiger partial charge in [0, 0.05) is 35.9 Å². The van der Waals surface area contributed by atoms with Crippen molar-refractivity contribution < 1.29 is 9.18 Å². The summed E-state index contributed by atoms with van der Waals surface area (Å²) in [5.41, 5.74) is 7.31. The highest BCUT2D eigenvalue weighted by Gasteiger charge is 2.22. The van der Waals surface area contributed by atoms with E-state index in [0.717, 1.165) is 31.9 Å². The minimum absolute atomic E-state index is 0.0268. The number of carbonyl (C=O) groups is 1. The molecule has 4 heterocycles. The molecule has 4 aromatic heterocycles. The van der Waals surface area contributed by atoms with Crippen LogP contribution in [-0.2, 0) is 0 Å². The van der Waals surface area contributed by atoms with Crippen molar-refractivity contribution in [2.45, 2.75) is 37.8 Å². The van der Waals surface area contributed by atoms with Crippen LogP contribution in [0, 0.1) is 5.82 Å². The van der Waals surface area contributed by atoms with Gasteiger partial charge in [-0.25, -0.2) is 18.9 Å². The van der Waals surface area contributed by atoms with Gasteiger partial charge in [-0.1, -0.05) is 0 Å². The van der Waals surface area contributed by atoms with Gasteiger partial charge in [0.1, 0.15) is 5.82 Å². The summed E-state index contributed by atoms with van der Waals surface area (Å²) < 4.78 is 15.4. The number of hydrogen-bond donors (Lipinski definition) is 4. The first kappa shape index (κ1) is 21.2. The number of nitrogens with one attached hydrogen (secondary N) is 3. The smallest absolute Gasteiger partial charge is 0.276 e. The summed E-state index contributed by atoms with van der Waals surface area (Å²) in [5.74, 6) is -0.582. The maximum Gasteiger partial charge on any atom is 0.276 e. The van der Waals surface area contributed by atoms with Gasteiger partial charge in [0.05, 0.1) is 23.8 Å². The minimum atomic E-state index is -0.628. The van der Waals surface area contributed by atoms with Gasteiger partial charge in [0.2, 0.25) is 0 Å². The van der Waals surface area contributed by atoms with E-state index in [4.69, 9.17) is 5.73 Å². The maximum atomic E-state index is 14.0. The molecule has 12 heteroatoms. The van der Waals surface area contributed by atoms with Crippen LogP contribution in [0.15, 0.2) is 42.3 Å².